The summed E-state index contributed by atoms with van der Waals surface area (Å²) in [7, 11) is 1.92. The largest absolute Gasteiger partial charge is 0.381 e. The summed E-state index contributed by atoms with van der Waals surface area (Å²) < 4.78 is 1.81. The topological polar surface area (TPSA) is 29.9 Å². The average Bonchev–Trinajstić information content (AvgIpc) is 3.18. The van der Waals surface area contributed by atoms with Crippen LogP contribution in [0.25, 0.3) is 11.3 Å². The fraction of sp³-hybridized carbons (Fsp3) is 0.160. The first-order chi connectivity index (χ1) is 13.6. The lowest BCUT2D eigenvalue weighted by Gasteiger charge is -2.05. The maximum atomic E-state index is 4.30. The van der Waals surface area contributed by atoms with Crippen LogP contribution in [0, 0.1) is 0 Å². The van der Waals surface area contributed by atoms with Crippen molar-refractivity contribution in [2.24, 2.45) is 7.05 Å². The molecular weight excluding hydrogens is 342 g/mol. The fourth-order valence-electron chi connectivity index (χ4n) is 2.38. The number of allylic oxidation sites excluding steroid dienone is 4. The van der Waals surface area contributed by atoms with Crippen molar-refractivity contribution in [2.45, 2.75) is 20.4 Å². The summed E-state index contributed by atoms with van der Waals surface area (Å²) in [6.07, 6.45) is 8.07. The molecule has 0 unspecified atom stereocenters. The summed E-state index contributed by atoms with van der Waals surface area (Å²) in [5, 5.41) is 7.57. The molecule has 2 aromatic carbocycles. The Bertz CT molecular complexity index is 903. The highest BCUT2D eigenvalue weighted by Crippen LogP contribution is 2.14. The molecule has 1 heterocycles. The van der Waals surface area contributed by atoms with E-state index in [1.54, 1.807) is 0 Å². The third-order valence-electron chi connectivity index (χ3n) is 4.15. The number of aryl methyl sites for hydroxylation is 1. The SMILES string of the molecule is C=C(/C=C\C(C)=C/C)NCc1ccccc1.Cn1ccc(-c2ccccc2)n1. The lowest BCUT2D eigenvalue weighted by atomic mass is 10.2. The van der Waals surface area contributed by atoms with Gasteiger partial charge in [0, 0.05) is 31.0 Å². The molecule has 0 aliphatic rings. The molecule has 3 nitrogen and oxygen atoms in total. The molecule has 0 bridgehead atoms. The van der Waals surface area contributed by atoms with Crippen LogP contribution in [-0.4, -0.2) is 9.78 Å². The maximum absolute atomic E-state index is 4.30. The minimum absolute atomic E-state index is 0.818. The summed E-state index contributed by atoms with van der Waals surface area (Å²) in [5.41, 5.74) is 5.63. The van der Waals surface area contributed by atoms with Gasteiger partial charge in [-0.25, -0.2) is 0 Å². The predicted octanol–water partition coefficient (Wildman–Crippen LogP) is 5.90. The molecule has 3 heteroatoms. The van der Waals surface area contributed by atoms with Gasteiger partial charge in [-0.05, 0) is 31.6 Å². The second kappa shape index (κ2) is 11.4. The van der Waals surface area contributed by atoms with Crippen molar-refractivity contribution >= 4 is 0 Å². The first-order valence-corrected chi connectivity index (χ1v) is 9.41. The van der Waals surface area contributed by atoms with E-state index in [2.05, 4.69) is 60.3 Å². The fourth-order valence-corrected chi connectivity index (χ4v) is 2.38. The summed E-state index contributed by atoms with van der Waals surface area (Å²) in [6, 6.07) is 22.5. The Kier molecular flexibility index (Phi) is 8.54. The summed E-state index contributed by atoms with van der Waals surface area (Å²) >= 11 is 0. The summed E-state index contributed by atoms with van der Waals surface area (Å²) in [5.74, 6) is 0. The molecule has 0 aliphatic carbocycles. The van der Waals surface area contributed by atoms with Gasteiger partial charge >= 0.3 is 0 Å². The number of hydrogen-bond acceptors (Lipinski definition) is 2. The van der Waals surface area contributed by atoms with E-state index in [1.165, 1.54) is 11.1 Å². The molecule has 0 amide bonds. The Morgan fingerprint density at radius 2 is 1.64 bits per heavy atom. The van der Waals surface area contributed by atoms with E-state index in [0.717, 1.165) is 23.5 Å². The van der Waals surface area contributed by atoms with E-state index in [-0.39, 0.29) is 0 Å². The molecule has 0 radical (unpaired) electrons. The highest BCUT2D eigenvalue weighted by atomic mass is 15.2. The van der Waals surface area contributed by atoms with Gasteiger partial charge in [0.1, 0.15) is 0 Å². The van der Waals surface area contributed by atoms with Gasteiger partial charge in [-0.1, -0.05) is 85.0 Å². The highest BCUT2D eigenvalue weighted by Gasteiger charge is 1.97. The third kappa shape index (κ3) is 7.50. The van der Waals surface area contributed by atoms with Crippen molar-refractivity contribution in [3.8, 4) is 11.3 Å². The zero-order chi connectivity index (χ0) is 20.2. The predicted molar refractivity (Wildman–Crippen MR) is 120 cm³/mol. The Morgan fingerprint density at radius 3 is 2.21 bits per heavy atom. The number of nitrogens with zero attached hydrogens (tertiary/aromatic N) is 2. The van der Waals surface area contributed by atoms with E-state index in [4.69, 9.17) is 0 Å². The van der Waals surface area contributed by atoms with Crippen LogP contribution in [0.2, 0.25) is 0 Å². The van der Waals surface area contributed by atoms with Crippen molar-refractivity contribution in [3.05, 3.63) is 115 Å². The number of nitrogens with one attached hydrogen (secondary N) is 1. The lowest BCUT2D eigenvalue weighted by Crippen LogP contribution is -2.09. The molecule has 0 spiro atoms. The second-order valence-corrected chi connectivity index (χ2v) is 6.47. The lowest BCUT2D eigenvalue weighted by molar-refractivity contribution is 0.771. The van der Waals surface area contributed by atoms with Crippen LogP contribution >= 0.6 is 0 Å². The molecule has 0 saturated heterocycles. The zero-order valence-electron chi connectivity index (χ0n) is 17.0. The highest BCUT2D eigenvalue weighted by molar-refractivity contribution is 5.57. The van der Waals surface area contributed by atoms with E-state index < -0.39 is 0 Å². The Hall–Kier alpha value is -3.33. The third-order valence-corrected chi connectivity index (χ3v) is 4.15. The first-order valence-electron chi connectivity index (χ1n) is 9.41. The van der Waals surface area contributed by atoms with Crippen LogP contribution < -0.4 is 5.32 Å². The van der Waals surface area contributed by atoms with Crippen molar-refractivity contribution < 1.29 is 0 Å². The van der Waals surface area contributed by atoms with Crippen LogP contribution in [0.15, 0.2) is 109 Å². The molecule has 0 aliphatic heterocycles. The quantitative estimate of drug-likeness (QED) is 0.547. The van der Waals surface area contributed by atoms with E-state index in [9.17, 15) is 0 Å². The number of benzene rings is 2. The van der Waals surface area contributed by atoms with E-state index >= 15 is 0 Å². The monoisotopic (exact) mass is 371 g/mol. The van der Waals surface area contributed by atoms with Gasteiger partial charge in [0.2, 0.25) is 0 Å². The standard InChI is InChI=1S/C15H19N.C10H10N2/c1-4-13(2)10-11-14(3)16-12-15-8-6-5-7-9-15;1-12-8-7-10(11-12)9-5-3-2-4-6-9/h4-11,16H,3,12H2,1-2H3;2-8H,1H3/b11-10-,13-4-;. The number of hydrogen-bond donors (Lipinski definition) is 1. The molecule has 144 valence electrons. The maximum Gasteiger partial charge on any atom is 0.0923 e. The van der Waals surface area contributed by atoms with E-state index in [0.29, 0.717) is 0 Å². The Balaban J connectivity index is 0.000000207. The van der Waals surface area contributed by atoms with Crippen molar-refractivity contribution in [1.82, 2.24) is 15.1 Å². The van der Waals surface area contributed by atoms with Gasteiger partial charge in [-0.3, -0.25) is 4.68 Å². The molecule has 0 fully saturated rings. The van der Waals surface area contributed by atoms with Crippen molar-refractivity contribution in [1.29, 1.82) is 0 Å². The van der Waals surface area contributed by atoms with Crippen LogP contribution in [0.3, 0.4) is 0 Å². The Morgan fingerprint density at radius 1 is 1.00 bits per heavy atom. The van der Waals surface area contributed by atoms with Crippen LogP contribution in [0.1, 0.15) is 19.4 Å². The number of rotatable bonds is 6. The van der Waals surface area contributed by atoms with Crippen LogP contribution in [0.5, 0.6) is 0 Å². The van der Waals surface area contributed by atoms with Gasteiger partial charge in [0.15, 0.2) is 0 Å². The van der Waals surface area contributed by atoms with Gasteiger partial charge in [-0.15, -0.1) is 0 Å². The normalized spacial score (nSPS) is 11.0. The molecule has 28 heavy (non-hydrogen) atoms. The minimum atomic E-state index is 0.818. The molecule has 0 atom stereocenters. The van der Waals surface area contributed by atoms with E-state index in [1.807, 2.05) is 73.4 Å². The van der Waals surface area contributed by atoms with Crippen molar-refractivity contribution in [2.75, 3.05) is 0 Å². The first kappa shape index (κ1) is 21.0. The van der Waals surface area contributed by atoms with Gasteiger partial charge in [0.25, 0.3) is 0 Å². The van der Waals surface area contributed by atoms with Crippen LogP contribution in [0.4, 0.5) is 0 Å². The molecule has 1 aromatic heterocycles. The minimum Gasteiger partial charge on any atom is -0.381 e. The van der Waals surface area contributed by atoms with Crippen LogP contribution in [-0.2, 0) is 13.6 Å². The smallest absolute Gasteiger partial charge is 0.0923 e. The number of aromatic nitrogens is 2. The molecule has 1 N–H and O–H groups in total. The zero-order valence-corrected chi connectivity index (χ0v) is 17.0. The summed E-state index contributed by atoms with van der Waals surface area (Å²) in [4.78, 5) is 0. The molecule has 3 rings (SSSR count). The summed E-state index contributed by atoms with van der Waals surface area (Å²) in [6.45, 7) is 8.87. The molecule has 0 saturated carbocycles. The molecular formula is C25H29N3. The molecule has 3 aromatic rings. The van der Waals surface area contributed by atoms with Gasteiger partial charge in [-0.2, -0.15) is 5.10 Å². The van der Waals surface area contributed by atoms with Gasteiger partial charge in [0.05, 0.1) is 5.69 Å². The van der Waals surface area contributed by atoms with Gasteiger partial charge < -0.3 is 5.32 Å². The average molecular weight is 372 g/mol. The second-order valence-electron chi connectivity index (χ2n) is 6.47. The Labute approximate surface area is 168 Å². The van der Waals surface area contributed by atoms with Crippen molar-refractivity contribution in [3.63, 3.8) is 0 Å².